The lowest BCUT2D eigenvalue weighted by molar-refractivity contribution is 0.0579. The molecule has 2 rings (SSSR count). The second-order valence-electron chi connectivity index (χ2n) is 6.44. The first-order valence-electron chi connectivity index (χ1n) is 7.64. The largest absolute Gasteiger partial charge is 0.330 e. The second-order valence-corrected chi connectivity index (χ2v) is 6.44. The molecule has 0 aromatic rings. The first kappa shape index (κ1) is 13.4. The molecule has 0 bridgehead atoms. The topological polar surface area (TPSA) is 29.3 Å². The van der Waals surface area contributed by atoms with Gasteiger partial charge in [-0.1, -0.05) is 32.6 Å². The summed E-state index contributed by atoms with van der Waals surface area (Å²) >= 11 is 0. The molecule has 2 N–H and O–H groups in total. The lowest BCUT2D eigenvalue weighted by Gasteiger charge is -2.44. The van der Waals surface area contributed by atoms with Crippen molar-refractivity contribution in [2.45, 2.75) is 70.4 Å². The highest BCUT2D eigenvalue weighted by atomic mass is 15.2. The molecule has 2 fully saturated rings. The molecule has 2 saturated carbocycles. The number of rotatable bonds is 3. The van der Waals surface area contributed by atoms with Gasteiger partial charge in [-0.3, -0.25) is 0 Å². The summed E-state index contributed by atoms with van der Waals surface area (Å²) in [6.07, 6.45) is 11.3. The number of hydrogen-bond donors (Lipinski definition) is 1. The molecule has 2 heteroatoms. The van der Waals surface area contributed by atoms with Crippen LogP contribution >= 0.6 is 0 Å². The third-order valence-corrected chi connectivity index (χ3v) is 5.19. The Morgan fingerprint density at radius 2 is 1.76 bits per heavy atom. The molecule has 2 aliphatic rings. The summed E-state index contributed by atoms with van der Waals surface area (Å²) in [4.78, 5) is 2.70. The van der Waals surface area contributed by atoms with Crippen molar-refractivity contribution in [1.29, 1.82) is 0 Å². The summed E-state index contributed by atoms with van der Waals surface area (Å²) in [5.74, 6) is 1.65. The van der Waals surface area contributed by atoms with E-state index in [1.165, 1.54) is 51.4 Å². The van der Waals surface area contributed by atoms with Crippen LogP contribution in [0.5, 0.6) is 0 Å². The quantitative estimate of drug-likeness (QED) is 0.819. The Kier molecular flexibility index (Phi) is 4.87. The van der Waals surface area contributed by atoms with Crippen LogP contribution in [-0.2, 0) is 0 Å². The van der Waals surface area contributed by atoms with Crippen molar-refractivity contribution in [1.82, 2.24) is 4.90 Å². The van der Waals surface area contributed by atoms with E-state index in [1.807, 2.05) is 0 Å². The monoisotopic (exact) mass is 238 g/mol. The zero-order valence-corrected chi connectivity index (χ0v) is 11.7. The molecule has 0 heterocycles. The third-order valence-electron chi connectivity index (χ3n) is 5.19. The third kappa shape index (κ3) is 3.23. The van der Waals surface area contributed by atoms with E-state index >= 15 is 0 Å². The van der Waals surface area contributed by atoms with E-state index < -0.39 is 0 Å². The summed E-state index contributed by atoms with van der Waals surface area (Å²) in [7, 11) is 2.36. The Balaban J connectivity index is 1.96. The smallest absolute Gasteiger partial charge is 0.0138 e. The van der Waals surface area contributed by atoms with Gasteiger partial charge in [-0.2, -0.15) is 0 Å². The van der Waals surface area contributed by atoms with Gasteiger partial charge in [0.2, 0.25) is 0 Å². The molecule has 0 amide bonds. The second kappa shape index (κ2) is 6.19. The Morgan fingerprint density at radius 1 is 1.06 bits per heavy atom. The van der Waals surface area contributed by atoms with Crippen molar-refractivity contribution >= 4 is 0 Å². The Labute approximate surface area is 107 Å². The highest BCUT2D eigenvalue weighted by Crippen LogP contribution is 2.34. The molecule has 0 radical (unpaired) electrons. The molecular weight excluding hydrogens is 208 g/mol. The van der Waals surface area contributed by atoms with Crippen LogP contribution in [0.4, 0.5) is 0 Å². The SMILES string of the molecule is CC1CCC(CN)C(N(C)C2CCCCC2)C1. The van der Waals surface area contributed by atoms with Gasteiger partial charge in [-0.05, 0) is 51.1 Å². The fourth-order valence-corrected chi connectivity index (χ4v) is 3.95. The standard InChI is InChI=1S/C15H30N2/c1-12-8-9-13(11-16)15(10-12)17(2)14-6-4-3-5-7-14/h12-15H,3-11,16H2,1-2H3. The fraction of sp³-hybridized carbons (Fsp3) is 1.00. The molecule has 0 aliphatic heterocycles. The van der Waals surface area contributed by atoms with Gasteiger partial charge in [0, 0.05) is 12.1 Å². The van der Waals surface area contributed by atoms with Crippen LogP contribution in [0.25, 0.3) is 0 Å². The average molecular weight is 238 g/mol. The van der Waals surface area contributed by atoms with Crippen LogP contribution in [-0.4, -0.2) is 30.6 Å². The highest BCUT2D eigenvalue weighted by molar-refractivity contribution is 4.88. The van der Waals surface area contributed by atoms with Crippen molar-refractivity contribution in [3.63, 3.8) is 0 Å². The maximum atomic E-state index is 5.98. The summed E-state index contributed by atoms with van der Waals surface area (Å²) in [5.41, 5.74) is 5.98. The van der Waals surface area contributed by atoms with E-state index in [-0.39, 0.29) is 0 Å². The van der Waals surface area contributed by atoms with Crippen LogP contribution < -0.4 is 5.73 Å². The van der Waals surface area contributed by atoms with Crippen molar-refractivity contribution in [2.75, 3.05) is 13.6 Å². The van der Waals surface area contributed by atoms with Crippen molar-refractivity contribution in [3.8, 4) is 0 Å². The first-order chi connectivity index (χ1) is 8.22. The van der Waals surface area contributed by atoms with Gasteiger partial charge in [0.15, 0.2) is 0 Å². The molecule has 0 saturated heterocycles. The van der Waals surface area contributed by atoms with E-state index in [0.29, 0.717) is 0 Å². The van der Waals surface area contributed by atoms with Crippen LogP contribution in [0, 0.1) is 11.8 Å². The molecule has 0 spiro atoms. The molecule has 2 nitrogen and oxygen atoms in total. The van der Waals surface area contributed by atoms with E-state index in [2.05, 4.69) is 18.9 Å². The summed E-state index contributed by atoms with van der Waals surface area (Å²) in [6, 6.07) is 1.60. The van der Waals surface area contributed by atoms with Gasteiger partial charge in [-0.15, -0.1) is 0 Å². The maximum Gasteiger partial charge on any atom is 0.0138 e. The van der Waals surface area contributed by atoms with Gasteiger partial charge in [-0.25, -0.2) is 0 Å². The molecule has 3 atom stereocenters. The van der Waals surface area contributed by atoms with E-state index in [1.54, 1.807) is 0 Å². The predicted octanol–water partition coefficient (Wildman–Crippen LogP) is 3.01. The molecule has 3 unspecified atom stereocenters. The van der Waals surface area contributed by atoms with E-state index in [0.717, 1.165) is 30.5 Å². The number of nitrogens with two attached hydrogens (primary N) is 1. The zero-order valence-electron chi connectivity index (χ0n) is 11.7. The minimum absolute atomic E-state index is 0.748. The van der Waals surface area contributed by atoms with Crippen molar-refractivity contribution < 1.29 is 0 Å². The zero-order chi connectivity index (χ0) is 12.3. The van der Waals surface area contributed by atoms with Crippen LogP contribution in [0.1, 0.15) is 58.3 Å². The van der Waals surface area contributed by atoms with E-state index in [9.17, 15) is 0 Å². The highest BCUT2D eigenvalue weighted by Gasteiger charge is 2.33. The fourth-order valence-electron chi connectivity index (χ4n) is 3.95. The lowest BCUT2D eigenvalue weighted by Crippen LogP contribution is -2.49. The number of nitrogens with zero attached hydrogens (tertiary/aromatic N) is 1. The summed E-state index contributed by atoms with van der Waals surface area (Å²) in [6.45, 7) is 3.29. The first-order valence-corrected chi connectivity index (χ1v) is 7.64. The van der Waals surface area contributed by atoms with Crippen LogP contribution in [0.3, 0.4) is 0 Å². The Bertz CT molecular complexity index is 223. The molecule has 0 aromatic carbocycles. The lowest BCUT2D eigenvalue weighted by atomic mass is 9.77. The predicted molar refractivity (Wildman–Crippen MR) is 74.0 cm³/mol. The van der Waals surface area contributed by atoms with Gasteiger partial charge >= 0.3 is 0 Å². The van der Waals surface area contributed by atoms with Gasteiger partial charge in [0.25, 0.3) is 0 Å². The Morgan fingerprint density at radius 3 is 2.41 bits per heavy atom. The van der Waals surface area contributed by atoms with E-state index in [4.69, 9.17) is 5.73 Å². The van der Waals surface area contributed by atoms with Crippen molar-refractivity contribution in [3.05, 3.63) is 0 Å². The van der Waals surface area contributed by atoms with Crippen LogP contribution in [0.15, 0.2) is 0 Å². The average Bonchev–Trinajstić information content (AvgIpc) is 2.39. The normalized spacial score (nSPS) is 36.4. The van der Waals surface area contributed by atoms with Crippen molar-refractivity contribution in [2.24, 2.45) is 17.6 Å². The Hall–Kier alpha value is -0.0800. The molecule has 17 heavy (non-hydrogen) atoms. The minimum Gasteiger partial charge on any atom is -0.330 e. The summed E-state index contributed by atoms with van der Waals surface area (Å²) < 4.78 is 0. The van der Waals surface area contributed by atoms with Gasteiger partial charge in [0.05, 0.1) is 0 Å². The molecular formula is C15H30N2. The molecule has 100 valence electrons. The molecule has 2 aliphatic carbocycles. The summed E-state index contributed by atoms with van der Waals surface area (Å²) in [5, 5.41) is 0. The van der Waals surface area contributed by atoms with Gasteiger partial charge in [0.1, 0.15) is 0 Å². The molecule has 0 aromatic heterocycles. The maximum absolute atomic E-state index is 5.98. The minimum atomic E-state index is 0.748. The van der Waals surface area contributed by atoms with Gasteiger partial charge < -0.3 is 10.6 Å². The van der Waals surface area contributed by atoms with Crippen LogP contribution in [0.2, 0.25) is 0 Å². The number of hydrogen-bond acceptors (Lipinski definition) is 2.